The first-order valence-electron chi connectivity index (χ1n) is 6.39. The molecule has 22 heavy (non-hydrogen) atoms. The molecule has 0 aliphatic carbocycles. The Hall–Kier alpha value is -2.84. The van der Waals surface area contributed by atoms with Gasteiger partial charge in [0.2, 0.25) is 0 Å². The minimum absolute atomic E-state index is 0.258. The van der Waals surface area contributed by atoms with Crippen LogP contribution in [0.25, 0.3) is 11.3 Å². The van der Waals surface area contributed by atoms with Gasteiger partial charge >= 0.3 is 0 Å². The number of benzene rings is 1. The van der Waals surface area contributed by atoms with E-state index in [-0.39, 0.29) is 5.69 Å². The van der Waals surface area contributed by atoms with Crippen molar-refractivity contribution in [3.05, 3.63) is 65.6 Å². The maximum atomic E-state index is 8.94. The van der Waals surface area contributed by atoms with Crippen molar-refractivity contribution in [2.24, 2.45) is 0 Å². The standard InChI is InChI=1S/C16H13ClN4O/c1-3-13(17)7-4-11(2)22-14-8-5-12(6-9-14)16-15(10-18)19-21-20-16/h3-9H,1H2,2H3,(H,19,20,21)/b11-4+,13-7+. The van der Waals surface area contributed by atoms with Crippen LogP contribution in [0.4, 0.5) is 0 Å². The molecular formula is C16H13ClN4O. The Kier molecular flexibility index (Phi) is 5.12. The Morgan fingerprint density at radius 3 is 2.68 bits per heavy atom. The summed E-state index contributed by atoms with van der Waals surface area (Å²) >= 11 is 5.82. The molecule has 1 N–H and O–H groups in total. The van der Waals surface area contributed by atoms with Crippen molar-refractivity contribution in [3.8, 4) is 23.1 Å². The van der Waals surface area contributed by atoms with Crippen LogP contribution in [-0.4, -0.2) is 15.4 Å². The zero-order valence-corrected chi connectivity index (χ0v) is 12.6. The minimum atomic E-state index is 0.258. The zero-order valence-electron chi connectivity index (χ0n) is 11.9. The van der Waals surface area contributed by atoms with Gasteiger partial charge in [0, 0.05) is 10.6 Å². The maximum absolute atomic E-state index is 8.94. The Labute approximate surface area is 133 Å². The lowest BCUT2D eigenvalue weighted by Gasteiger charge is -2.05. The van der Waals surface area contributed by atoms with Gasteiger partial charge in [0.05, 0.1) is 0 Å². The van der Waals surface area contributed by atoms with Crippen LogP contribution in [0.3, 0.4) is 0 Å². The number of aromatic amines is 1. The predicted molar refractivity (Wildman–Crippen MR) is 85.1 cm³/mol. The van der Waals surface area contributed by atoms with Gasteiger partial charge in [0.25, 0.3) is 0 Å². The van der Waals surface area contributed by atoms with E-state index in [0.717, 1.165) is 5.56 Å². The Morgan fingerprint density at radius 1 is 1.32 bits per heavy atom. The summed E-state index contributed by atoms with van der Waals surface area (Å²) in [7, 11) is 0. The number of allylic oxidation sites excluding steroid dienone is 5. The highest BCUT2D eigenvalue weighted by molar-refractivity contribution is 6.31. The van der Waals surface area contributed by atoms with Gasteiger partial charge in [0.15, 0.2) is 5.69 Å². The topological polar surface area (TPSA) is 74.6 Å². The van der Waals surface area contributed by atoms with E-state index in [1.807, 2.05) is 25.1 Å². The highest BCUT2D eigenvalue weighted by atomic mass is 35.5. The smallest absolute Gasteiger partial charge is 0.190 e. The highest BCUT2D eigenvalue weighted by Gasteiger charge is 2.09. The molecule has 1 aromatic carbocycles. The van der Waals surface area contributed by atoms with Crippen molar-refractivity contribution in [2.45, 2.75) is 6.92 Å². The van der Waals surface area contributed by atoms with Crippen LogP contribution in [0.1, 0.15) is 12.6 Å². The summed E-state index contributed by atoms with van der Waals surface area (Å²) in [5.74, 6) is 1.36. The number of nitriles is 1. The van der Waals surface area contributed by atoms with E-state index >= 15 is 0 Å². The number of nitrogens with zero attached hydrogens (tertiary/aromatic N) is 3. The predicted octanol–water partition coefficient (Wildman–Crippen LogP) is 3.93. The van der Waals surface area contributed by atoms with Crippen LogP contribution < -0.4 is 4.74 Å². The number of halogens is 1. The summed E-state index contributed by atoms with van der Waals surface area (Å²) in [5.41, 5.74) is 1.56. The molecule has 0 unspecified atom stereocenters. The fourth-order valence-electron chi connectivity index (χ4n) is 1.68. The normalized spacial score (nSPS) is 11.9. The van der Waals surface area contributed by atoms with Gasteiger partial charge in [-0.15, -0.1) is 5.10 Å². The molecule has 0 saturated heterocycles. The first kappa shape index (κ1) is 15.5. The van der Waals surface area contributed by atoms with Crippen LogP contribution in [0.15, 0.2) is 59.9 Å². The molecule has 110 valence electrons. The summed E-state index contributed by atoms with van der Waals surface area (Å²) in [6.45, 7) is 5.39. The average Bonchev–Trinajstić information content (AvgIpc) is 3.02. The molecule has 0 saturated carbocycles. The van der Waals surface area contributed by atoms with Crippen molar-refractivity contribution in [2.75, 3.05) is 0 Å². The van der Waals surface area contributed by atoms with Gasteiger partial charge in [0.1, 0.15) is 23.3 Å². The van der Waals surface area contributed by atoms with Gasteiger partial charge in [-0.05, 0) is 43.3 Å². The first-order valence-corrected chi connectivity index (χ1v) is 6.77. The van der Waals surface area contributed by atoms with E-state index in [2.05, 4.69) is 22.0 Å². The van der Waals surface area contributed by atoms with E-state index in [4.69, 9.17) is 21.6 Å². The van der Waals surface area contributed by atoms with Gasteiger partial charge in [-0.3, -0.25) is 0 Å². The van der Waals surface area contributed by atoms with Crippen LogP contribution >= 0.6 is 11.6 Å². The van der Waals surface area contributed by atoms with Crippen LogP contribution in [0, 0.1) is 11.3 Å². The van der Waals surface area contributed by atoms with Gasteiger partial charge < -0.3 is 4.74 Å². The van der Waals surface area contributed by atoms with Crippen LogP contribution in [0.2, 0.25) is 0 Å². The Morgan fingerprint density at radius 2 is 2.05 bits per heavy atom. The van der Waals surface area contributed by atoms with E-state index in [1.165, 1.54) is 0 Å². The molecule has 0 fully saturated rings. The lowest BCUT2D eigenvalue weighted by molar-refractivity contribution is 0.428. The molecule has 0 amide bonds. The second-order valence-corrected chi connectivity index (χ2v) is 4.73. The highest BCUT2D eigenvalue weighted by Crippen LogP contribution is 2.23. The first-order chi connectivity index (χ1) is 10.6. The number of hydrogen-bond donors (Lipinski definition) is 1. The average molecular weight is 313 g/mol. The lowest BCUT2D eigenvalue weighted by Crippen LogP contribution is -1.90. The fraction of sp³-hybridized carbons (Fsp3) is 0.0625. The lowest BCUT2D eigenvalue weighted by atomic mass is 10.1. The van der Waals surface area contributed by atoms with Crippen molar-refractivity contribution in [3.63, 3.8) is 0 Å². The molecule has 6 heteroatoms. The molecule has 0 atom stereocenters. The number of H-pyrrole nitrogens is 1. The monoisotopic (exact) mass is 312 g/mol. The number of nitrogens with one attached hydrogen (secondary N) is 1. The molecule has 0 radical (unpaired) electrons. The second-order valence-electron chi connectivity index (χ2n) is 4.29. The summed E-state index contributed by atoms with van der Waals surface area (Å²) in [4.78, 5) is 0. The Balaban J connectivity index is 2.13. The molecule has 1 aromatic heterocycles. The number of rotatable bonds is 5. The van der Waals surface area contributed by atoms with Crippen LogP contribution in [0.5, 0.6) is 5.75 Å². The Bertz CT molecular complexity index is 766. The van der Waals surface area contributed by atoms with Gasteiger partial charge in [-0.2, -0.15) is 15.6 Å². The van der Waals surface area contributed by atoms with E-state index in [1.54, 1.807) is 30.4 Å². The van der Waals surface area contributed by atoms with Crippen molar-refractivity contribution in [1.82, 2.24) is 15.4 Å². The summed E-state index contributed by atoms with van der Waals surface area (Å²) in [6.07, 6.45) is 5.00. The fourth-order valence-corrected chi connectivity index (χ4v) is 1.74. The summed E-state index contributed by atoms with van der Waals surface area (Å²) < 4.78 is 5.65. The van der Waals surface area contributed by atoms with Gasteiger partial charge in [-0.1, -0.05) is 24.3 Å². The van der Waals surface area contributed by atoms with E-state index in [9.17, 15) is 0 Å². The SMILES string of the molecule is C=C/C(Cl)=C\C=C(/C)Oc1ccc(-c2n[nH]nc2C#N)cc1. The van der Waals surface area contributed by atoms with E-state index < -0.39 is 0 Å². The zero-order chi connectivity index (χ0) is 15.9. The molecule has 0 spiro atoms. The van der Waals surface area contributed by atoms with Crippen molar-refractivity contribution in [1.29, 1.82) is 5.26 Å². The van der Waals surface area contributed by atoms with Gasteiger partial charge in [-0.25, -0.2) is 0 Å². The number of hydrogen-bond acceptors (Lipinski definition) is 4. The molecule has 0 aliphatic heterocycles. The van der Waals surface area contributed by atoms with E-state index in [0.29, 0.717) is 22.2 Å². The molecule has 5 nitrogen and oxygen atoms in total. The number of aromatic nitrogens is 3. The maximum Gasteiger partial charge on any atom is 0.190 e. The summed E-state index contributed by atoms with van der Waals surface area (Å²) in [5, 5.41) is 19.6. The second kappa shape index (κ2) is 7.25. The van der Waals surface area contributed by atoms with Crippen molar-refractivity contribution >= 4 is 11.6 Å². The number of ether oxygens (including phenoxy) is 1. The third kappa shape index (κ3) is 3.84. The van der Waals surface area contributed by atoms with Crippen LogP contribution in [-0.2, 0) is 0 Å². The summed E-state index contributed by atoms with van der Waals surface area (Å²) in [6, 6.07) is 9.19. The molecule has 0 aliphatic rings. The molecule has 2 aromatic rings. The molecule has 0 bridgehead atoms. The minimum Gasteiger partial charge on any atom is -0.462 e. The molecule has 1 heterocycles. The molecular weight excluding hydrogens is 300 g/mol. The molecule has 2 rings (SSSR count). The third-order valence-electron chi connectivity index (χ3n) is 2.73. The van der Waals surface area contributed by atoms with Crippen molar-refractivity contribution < 1.29 is 4.74 Å². The quantitative estimate of drug-likeness (QED) is 0.670. The largest absolute Gasteiger partial charge is 0.462 e. The third-order valence-corrected chi connectivity index (χ3v) is 3.01.